The first-order chi connectivity index (χ1) is 16.0. The maximum atomic E-state index is 12.9. The number of hydrogen-bond donors (Lipinski definition) is 2. The molecular formula is C25H35N5O2S. The molecular weight excluding hydrogens is 434 g/mol. The molecule has 2 aromatic rings. The van der Waals surface area contributed by atoms with Crippen LogP contribution in [-0.2, 0) is 11.3 Å². The lowest BCUT2D eigenvalue weighted by Crippen LogP contribution is -2.47. The van der Waals surface area contributed by atoms with Gasteiger partial charge in [-0.15, -0.1) is 0 Å². The number of amides is 2. The summed E-state index contributed by atoms with van der Waals surface area (Å²) in [4.78, 5) is 34.9. The van der Waals surface area contributed by atoms with Crippen molar-refractivity contribution >= 4 is 29.4 Å². The molecule has 0 bridgehead atoms. The molecule has 1 atom stereocenters. The fraction of sp³-hybridized carbons (Fsp3) is 0.480. The van der Waals surface area contributed by atoms with E-state index in [0.717, 1.165) is 55.4 Å². The van der Waals surface area contributed by atoms with Gasteiger partial charge in [-0.1, -0.05) is 30.7 Å². The van der Waals surface area contributed by atoms with Crippen LogP contribution >= 0.6 is 11.8 Å². The number of anilines is 1. The predicted molar refractivity (Wildman–Crippen MR) is 136 cm³/mol. The first-order valence-electron chi connectivity index (χ1n) is 11.6. The van der Waals surface area contributed by atoms with Gasteiger partial charge in [-0.25, -0.2) is 4.98 Å². The number of hydrogen-bond acceptors (Lipinski definition) is 6. The van der Waals surface area contributed by atoms with Crippen molar-refractivity contribution in [3.8, 4) is 0 Å². The molecule has 1 unspecified atom stereocenters. The second kappa shape index (κ2) is 12.6. The molecule has 0 spiro atoms. The van der Waals surface area contributed by atoms with E-state index < -0.39 is 6.04 Å². The molecule has 0 saturated carbocycles. The highest BCUT2D eigenvalue weighted by atomic mass is 32.2. The molecule has 1 fully saturated rings. The number of rotatable bonds is 10. The van der Waals surface area contributed by atoms with Crippen LogP contribution in [0.25, 0.3) is 0 Å². The summed E-state index contributed by atoms with van der Waals surface area (Å²) in [5.41, 5.74) is 2.51. The summed E-state index contributed by atoms with van der Waals surface area (Å²) in [7, 11) is 0. The van der Waals surface area contributed by atoms with Crippen molar-refractivity contribution in [1.29, 1.82) is 0 Å². The van der Waals surface area contributed by atoms with Crippen molar-refractivity contribution in [2.45, 2.75) is 32.9 Å². The normalized spacial score (nSPS) is 15.2. The SMILES string of the molecule is CCN1CCN(c2ccc(CNC(=O)C(CCSC)NC(=O)c3cccc(C)c3)cn2)CC1. The van der Waals surface area contributed by atoms with Crippen LogP contribution in [0, 0.1) is 6.92 Å². The molecule has 2 heterocycles. The topological polar surface area (TPSA) is 77.6 Å². The third-order valence-corrected chi connectivity index (χ3v) is 6.58. The first kappa shape index (κ1) is 25.1. The van der Waals surface area contributed by atoms with E-state index in [4.69, 9.17) is 0 Å². The molecule has 1 aromatic carbocycles. The van der Waals surface area contributed by atoms with Gasteiger partial charge in [0.1, 0.15) is 11.9 Å². The molecule has 2 amide bonds. The van der Waals surface area contributed by atoms with E-state index >= 15 is 0 Å². The second-order valence-corrected chi connectivity index (χ2v) is 9.33. The lowest BCUT2D eigenvalue weighted by atomic mass is 10.1. The third kappa shape index (κ3) is 7.47. The number of pyridine rings is 1. The van der Waals surface area contributed by atoms with Gasteiger partial charge >= 0.3 is 0 Å². The van der Waals surface area contributed by atoms with Crippen LogP contribution in [-0.4, -0.2) is 72.5 Å². The fourth-order valence-corrected chi connectivity index (χ4v) is 4.32. The summed E-state index contributed by atoms with van der Waals surface area (Å²) in [6.07, 6.45) is 4.39. The highest BCUT2D eigenvalue weighted by Crippen LogP contribution is 2.14. The largest absolute Gasteiger partial charge is 0.354 e. The van der Waals surface area contributed by atoms with Gasteiger partial charge in [0.25, 0.3) is 5.91 Å². The smallest absolute Gasteiger partial charge is 0.251 e. The third-order valence-electron chi connectivity index (χ3n) is 5.93. The van der Waals surface area contributed by atoms with Crippen LogP contribution < -0.4 is 15.5 Å². The van der Waals surface area contributed by atoms with Crippen LogP contribution in [0.2, 0.25) is 0 Å². The summed E-state index contributed by atoms with van der Waals surface area (Å²) in [5.74, 6) is 1.36. The zero-order valence-corrected chi connectivity index (χ0v) is 20.7. The number of likely N-dealkylation sites (N-methyl/N-ethyl adjacent to an activating group) is 1. The number of nitrogens with one attached hydrogen (secondary N) is 2. The van der Waals surface area contributed by atoms with E-state index in [0.29, 0.717) is 18.5 Å². The number of piperazine rings is 1. The quantitative estimate of drug-likeness (QED) is 0.557. The zero-order valence-electron chi connectivity index (χ0n) is 19.8. The van der Waals surface area contributed by atoms with E-state index in [9.17, 15) is 9.59 Å². The molecule has 178 valence electrons. The van der Waals surface area contributed by atoms with Crippen LogP contribution in [0.1, 0.15) is 34.8 Å². The van der Waals surface area contributed by atoms with E-state index in [1.54, 1.807) is 17.8 Å². The average molecular weight is 470 g/mol. The first-order valence-corrected chi connectivity index (χ1v) is 13.0. The van der Waals surface area contributed by atoms with Gasteiger partial charge in [0.15, 0.2) is 0 Å². The van der Waals surface area contributed by atoms with Crippen molar-refractivity contribution < 1.29 is 9.59 Å². The number of aromatic nitrogens is 1. The van der Waals surface area contributed by atoms with Crippen molar-refractivity contribution in [1.82, 2.24) is 20.5 Å². The van der Waals surface area contributed by atoms with Gasteiger partial charge in [0.05, 0.1) is 0 Å². The van der Waals surface area contributed by atoms with E-state index in [-0.39, 0.29) is 11.8 Å². The Morgan fingerprint density at radius 2 is 1.94 bits per heavy atom. The van der Waals surface area contributed by atoms with Crippen molar-refractivity contribution in [3.05, 3.63) is 59.3 Å². The number of aryl methyl sites for hydroxylation is 1. The molecule has 1 saturated heterocycles. The van der Waals surface area contributed by atoms with Gasteiger partial charge in [-0.2, -0.15) is 11.8 Å². The maximum absolute atomic E-state index is 12.9. The van der Waals surface area contributed by atoms with Crippen molar-refractivity contribution in [2.75, 3.05) is 49.6 Å². The molecule has 1 aliphatic heterocycles. The molecule has 1 aliphatic rings. The Morgan fingerprint density at radius 1 is 1.15 bits per heavy atom. The molecule has 0 aliphatic carbocycles. The molecule has 7 nitrogen and oxygen atoms in total. The fourth-order valence-electron chi connectivity index (χ4n) is 3.85. The summed E-state index contributed by atoms with van der Waals surface area (Å²) in [6, 6.07) is 10.8. The Morgan fingerprint density at radius 3 is 2.58 bits per heavy atom. The van der Waals surface area contributed by atoms with E-state index in [1.165, 1.54) is 0 Å². The van der Waals surface area contributed by atoms with Gasteiger partial charge in [0, 0.05) is 44.5 Å². The summed E-state index contributed by atoms with van der Waals surface area (Å²) in [6.45, 7) is 9.68. The number of nitrogens with zero attached hydrogens (tertiary/aromatic N) is 3. The van der Waals surface area contributed by atoms with Crippen LogP contribution in [0.15, 0.2) is 42.6 Å². The van der Waals surface area contributed by atoms with Gasteiger partial charge in [-0.3, -0.25) is 9.59 Å². The number of thioether (sulfide) groups is 1. The monoisotopic (exact) mass is 469 g/mol. The molecule has 3 rings (SSSR count). The van der Waals surface area contributed by atoms with Gasteiger partial charge < -0.3 is 20.4 Å². The summed E-state index contributed by atoms with van der Waals surface area (Å²) < 4.78 is 0. The minimum atomic E-state index is -0.576. The molecule has 0 radical (unpaired) electrons. The van der Waals surface area contributed by atoms with E-state index in [2.05, 4.69) is 32.3 Å². The summed E-state index contributed by atoms with van der Waals surface area (Å²) in [5, 5.41) is 5.87. The number of carbonyl (C=O) groups is 2. The number of carbonyl (C=O) groups excluding carboxylic acids is 2. The Balaban J connectivity index is 1.54. The number of benzene rings is 1. The Kier molecular flexibility index (Phi) is 9.57. The highest BCUT2D eigenvalue weighted by molar-refractivity contribution is 7.98. The standard InChI is InChI=1S/C25H35N5O2S/c1-4-29-11-13-30(14-12-29)23-9-8-20(17-26-23)18-27-25(32)22(10-15-33-3)28-24(31)21-7-5-6-19(2)16-21/h5-9,16-17,22H,4,10-15,18H2,1-3H3,(H,27,32)(H,28,31). The van der Waals surface area contributed by atoms with Crippen LogP contribution in [0.5, 0.6) is 0 Å². The molecule has 8 heteroatoms. The maximum Gasteiger partial charge on any atom is 0.251 e. The highest BCUT2D eigenvalue weighted by Gasteiger charge is 2.21. The van der Waals surface area contributed by atoms with Gasteiger partial charge in [-0.05, 0) is 55.7 Å². The Labute approximate surface area is 201 Å². The minimum absolute atomic E-state index is 0.176. The van der Waals surface area contributed by atoms with E-state index in [1.807, 2.05) is 49.7 Å². The molecule has 33 heavy (non-hydrogen) atoms. The summed E-state index contributed by atoms with van der Waals surface area (Å²) >= 11 is 1.65. The van der Waals surface area contributed by atoms with Crippen LogP contribution in [0.3, 0.4) is 0 Å². The van der Waals surface area contributed by atoms with Crippen molar-refractivity contribution in [2.24, 2.45) is 0 Å². The lowest BCUT2D eigenvalue weighted by Gasteiger charge is -2.34. The van der Waals surface area contributed by atoms with Crippen molar-refractivity contribution in [3.63, 3.8) is 0 Å². The second-order valence-electron chi connectivity index (χ2n) is 8.34. The van der Waals surface area contributed by atoms with Crippen LogP contribution in [0.4, 0.5) is 5.82 Å². The zero-order chi connectivity index (χ0) is 23.6. The molecule has 2 N–H and O–H groups in total. The lowest BCUT2D eigenvalue weighted by molar-refractivity contribution is -0.123. The predicted octanol–water partition coefficient (Wildman–Crippen LogP) is 2.70. The Hall–Kier alpha value is -2.58. The average Bonchev–Trinajstić information content (AvgIpc) is 2.85. The van der Waals surface area contributed by atoms with Gasteiger partial charge in [0.2, 0.25) is 5.91 Å². The Bertz CT molecular complexity index is 913. The molecule has 1 aromatic heterocycles. The minimum Gasteiger partial charge on any atom is -0.354 e.